The number of amides is 1. The molecule has 0 saturated heterocycles. The molecule has 2 aromatic carbocycles. The second-order valence-electron chi connectivity index (χ2n) is 7.19. The van der Waals surface area contributed by atoms with E-state index in [1.54, 1.807) is 23.1 Å². The summed E-state index contributed by atoms with van der Waals surface area (Å²) < 4.78 is 70.1. The predicted molar refractivity (Wildman–Crippen MR) is 119 cm³/mol. The molecule has 0 atom stereocenters. The average molecular weight is 481 g/mol. The zero-order valence-electron chi connectivity index (χ0n) is 18.0. The summed E-state index contributed by atoms with van der Waals surface area (Å²) in [4.78, 5) is 14.6. The number of rotatable bonds is 8. The molecule has 0 unspecified atom stereocenters. The molecule has 0 radical (unpaired) electrons. The highest BCUT2D eigenvalue weighted by molar-refractivity contribution is 7.90. The Kier molecular flexibility index (Phi) is 7.16. The molecule has 3 aromatic rings. The second-order valence-corrected chi connectivity index (χ2v) is 9.18. The molecule has 1 aromatic heterocycles. The lowest BCUT2D eigenvalue weighted by molar-refractivity contribution is -0.137. The molecular formula is C23H23F3N2O4S. The van der Waals surface area contributed by atoms with E-state index in [0.29, 0.717) is 18.8 Å². The number of alkyl halides is 3. The number of hydrogen-bond donors (Lipinski definition) is 1. The highest BCUT2D eigenvalue weighted by Gasteiger charge is 2.32. The number of hydrogen-bond acceptors (Lipinski definition) is 5. The Morgan fingerprint density at radius 2 is 1.67 bits per heavy atom. The molecular weight excluding hydrogens is 457 g/mol. The van der Waals surface area contributed by atoms with Gasteiger partial charge >= 0.3 is 6.18 Å². The number of furan rings is 1. The van der Waals surface area contributed by atoms with Crippen LogP contribution in [0.4, 0.5) is 24.5 Å². The molecule has 0 fully saturated rings. The van der Waals surface area contributed by atoms with Gasteiger partial charge in [0.2, 0.25) is 0 Å². The van der Waals surface area contributed by atoms with Gasteiger partial charge in [0.25, 0.3) is 5.91 Å². The molecule has 176 valence electrons. The summed E-state index contributed by atoms with van der Waals surface area (Å²) in [5.74, 6) is -1.42. The summed E-state index contributed by atoms with van der Waals surface area (Å²) in [6.07, 6.45) is -4.58. The number of nitrogens with one attached hydrogen (secondary N) is 1. The highest BCUT2D eigenvalue weighted by atomic mass is 32.2. The quantitative estimate of drug-likeness (QED) is 0.469. The van der Waals surface area contributed by atoms with Crippen LogP contribution in [0.5, 0.6) is 0 Å². The zero-order chi connectivity index (χ0) is 24.2. The van der Waals surface area contributed by atoms with Crippen LogP contribution in [0, 0.1) is 0 Å². The van der Waals surface area contributed by atoms with Gasteiger partial charge in [0.1, 0.15) is 11.5 Å². The van der Waals surface area contributed by atoms with Crippen molar-refractivity contribution in [3.8, 4) is 0 Å². The van der Waals surface area contributed by atoms with Crippen LogP contribution in [-0.2, 0) is 21.8 Å². The largest absolute Gasteiger partial charge is 0.455 e. The number of benzene rings is 2. The van der Waals surface area contributed by atoms with Crippen LogP contribution in [0.3, 0.4) is 0 Å². The van der Waals surface area contributed by atoms with Gasteiger partial charge in [-0.3, -0.25) is 4.79 Å². The predicted octanol–water partition coefficient (Wildman–Crippen LogP) is 5.37. The Bertz CT molecular complexity index is 1220. The van der Waals surface area contributed by atoms with E-state index in [1.165, 1.54) is 30.3 Å². The zero-order valence-corrected chi connectivity index (χ0v) is 18.8. The molecule has 0 aliphatic carbocycles. The standard InChI is InChI=1S/C23H23F3N2O4S/c1-3-28(4-2)20-12-10-16(23(24,25)26)14-19(20)27-22(29)21-13-11-17(32-21)15-33(30,31)18-8-6-5-7-9-18/h5-14H,3-4,15H2,1-2H3,(H,27,29). The van der Waals surface area contributed by atoms with Crippen molar-refractivity contribution in [1.29, 1.82) is 0 Å². The van der Waals surface area contributed by atoms with E-state index in [4.69, 9.17) is 4.42 Å². The minimum absolute atomic E-state index is 0.0200. The molecule has 0 aliphatic heterocycles. The van der Waals surface area contributed by atoms with Crippen LogP contribution in [-0.4, -0.2) is 27.4 Å². The van der Waals surface area contributed by atoms with E-state index in [2.05, 4.69) is 5.32 Å². The highest BCUT2D eigenvalue weighted by Crippen LogP contribution is 2.35. The molecule has 1 N–H and O–H groups in total. The minimum Gasteiger partial charge on any atom is -0.455 e. The maximum absolute atomic E-state index is 13.2. The van der Waals surface area contributed by atoms with Crippen LogP contribution < -0.4 is 10.2 Å². The van der Waals surface area contributed by atoms with Crippen molar-refractivity contribution < 1.29 is 30.8 Å². The lowest BCUT2D eigenvalue weighted by Crippen LogP contribution is -2.24. The number of halogens is 3. The monoisotopic (exact) mass is 480 g/mol. The molecule has 33 heavy (non-hydrogen) atoms. The molecule has 0 aliphatic rings. The molecule has 0 saturated carbocycles. The first-order valence-corrected chi connectivity index (χ1v) is 11.8. The summed E-state index contributed by atoms with van der Waals surface area (Å²) in [6.45, 7) is 4.73. The van der Waals surface area contributed by atoms with Crippen molar-refractivity contribution in [2.24, 2.45) is 0 Å². The Morgan fingerprint density at radius 3 is 2.27 bits per heavy atom. The van der Waals surface area contributed by atoms with E-state index in [9.17, 15) is 26.4 Å². The number of carbonyl (C=O) groups is 1. The molecule has 0 bridgehead atoms. The Morgan fingerprint density at radius 1 is 1.00 bits per heavy atom. The molecule has 10 heteroatoms. The van der Waals surface area contributed by atoms with E-state index in [1.807, 2.05) is 13.8 Å². The maximum atomic E-state index is 13.2. The van der Waals surface area contributed by atoms with E-state index in [-0.39, 0.29) is 22.1 Å². The van der Waals surface area contributed by atoms with Gasteiger partial charge in [-0.2, -0.15) is 13.2 Å². The second kappa shape index (κ2) is 9.70. The Hall–Kier alpha value is -3.27. The summed E-state index contributed by atoms with van der Waals surface area (Å²) in [5.41, 5.74) is -0.490. The third-order valence-electron chi connectivity index (χ3n) is 5.00. The minimum atomic E-state index is -4.58. The summed E-state index contributed by atoms with van der Waals surface area (Å²) in [7, 11) is -3.69. The molecule has 6 nitrogen and oxygen atoms in total. The smallest absolute Gasteiger partial charge is 0.416 e. The molecule has 1 heterocycles. The topological polar surface area (TPSA) is 79.6 Å². The van der Waals surface area contributed by atoms with Gasteiger partial charge in [-0.1, -0.05) is 18.2 Å². The van der Waals surface area contributed by atoms with Gasteiger partial charge in [0, 0.05) is 13.1 Å². The van der Waals surface area contributed by atoms with E-state index in [0.717, 1.165) is 12.1 Å². The van der Waals surface area contributed by atoms with Gasteiger partial charge in [-0.05, 0) is 56.3 Å². The third kappa shape index (κ3) is 5.75. The lowest BCUT2D eigenvalue weighted by atomic mass is 10.1. The van der Waals surface area contributed by atoms with Crippen molar-refractivity contribution in [2.75, 3.05) is 23.3 Å². The number of carbonyl (C=O) groups excluding carboxylic acids is 1. The molecule has 3 rings (SSSR count). The molecule has 1 amide bonds. The van der Waals surface area contributed by atoms with Gasteiger partial charge < -0.3 is 14.6 Å². The lowest BCUT2D eigenvalue weighted by Gasteiger charge is -2.25. The van der Waals surface area contributed by atoms with Crippen molar-refractivity contribution in [1.82, 2.24) is 0 Å². The fraction of sp³-hybridized carbons (Fsp3) is 0.261. The van der Waals surface area contributed by atoms with Crippen molar-refractivity contribution in [3.05, 3.63) is 77.7 Å². The van der Waals surface area contributed by atoms with Crippen molar-refractivity contribution >= 4 is 27.1 Å². The Balaban J connectivity index is 1.85. The van der Waals surface area contributed by atoms with Crippen LogP contribution in [0.1, 0.15) is 35.7 Å². The fourth-order valence-electron chi connectivity index (χ4n) is 3.31. The van der Waals surface area contributed by atoms with Gasteiger partial charge in [-0.15, -0.1) is 0 Å². The molecule has 0 spiro atoms. The van der Waals surface area contributed by atoms with E-state index >= 15 is 0 Å². The first kappa shape index (κ1) is 24.4. The van der Waals surface area contributed by atoms with Crippen molar-refractivity contribution in [3.63, 3.8) is 0 Å². The SMILES string of the molecule is CCN(CC)c1ccc(C(F)(F)F)cc1NC(=O)c1ccc(CS(=O)(=O)c2ccccc2)o1. The van der Waals surface area contributed by atoms with Crippen LogP contribution in [0.25, 0.3) is 0 Å². The van der Waals surface area contributed by atoms with E-state index < -0.39 is 33.2 Å². The van der Waals surface area contributed by atoms with Gasteiger partial charge in [-0.25, -0.2) is 8.42 Å². The number of nitrogens with zero attached hydrogens (tertiary/aromatic N) is 1. The first-order valence-electron chi connectivity index (χ1n) is 10.2. The summed E-state index contributed by atoms with van der Waals surface area (Å²) in [6, 6.07) is 13.6. The normalized spacial score (nSPS) is 11.9. The maximum Gasteiger partial charge on any atom is 0.416 e. The van der Waals surface area contributed by atoms with Crippen molar-refractivity contribution in [2.45, 2.75) is 30.7 Å². The van der Waals surface area contributed by atoms with Gasteiger partial charge in [0.05, 0.1) is 21.8 Å². The Labute approximate surface area is 189 Å². The summed E-state index contributed by atoms with van der Waals surface area (Å²) >= 11 is 0. The summed E-state index contributed by atoms with van der Waals surface area (Å²) in [5, 5.41) is 2.47. The first-order chi connectivity index (χ1) is 15.5. The van der Waals surface area contributed by atoms with Crippen LogP contribution >= 0.6 is 0 Å². The van der Waals surface area contributed by atoms with Crippen LogP contribution in [0.2, 0.25) is 0 Å². The van der Waals surface area contributed by atoms with Gasteiger partial charge in [0.15, 0.2) is 15.6 Å². The van der Waals surface area contributed by atoms with Crippen LogP contribution in [0.15, 0.2) is 70.0 Å². The third-order valence-corrected chi connectivity index (χ3v) is 6.65. The average Bonchev–Trinajstić information content (AvgIpc) is 3.23. The fourth-order valence-corrected chi connectivity index (χ4v) is 4.58. The number of anilines is 2. The number of sulfone groups is 1.